The lowest BCUT2D eigenvalue weighted by Crippen LogP contribution is -2.18. The van der Waals surface area contributed by atoms with E-state index in [1.54, 1.807) is 24.3 Å². The average Bonchev–Trinajstić information content (AvgIpc) is 2.94. The van der Waals surface area contributed by atoms with Gasteiger partial charge in [-0.15, -0.1) is 0 Å². The molecule has 2 aromatic carbocycles. The highest BCUT2D eigenvalue weighted by molar-refractivity contribution is 6.06. The predicted octanol–water partition coefficient (Wildman–Crippen LogP) is 3.68. The predicted molar refractivity (Wildman–Crippen MR) is 90.9 cm³/mol. The van der Waals surface area contributed by atoms with Crippen LogP contribution in [-0.4, -0.2) is 28.2 Å². The quantitative estimate of drug-likeness (QED) is 0.795. The lowest BCUT2D eigenvalue weighted by atomic mass is 10.1. The lowest BCUT2D eigenvalue weighted by molar-refractivity contribution is 0.0699. The lowest BCUT2D eigenvalue weighted by Gasteiger charge is -2.10. The Bertz CT molecular complexity index is 940. The Balaban J connectivity index is 1.88. The molecule has 122 valence electrons. The standard InChI is InChI=1S/C19H17NO4/c1-12-7-8-17(13(2)9-12)24-11-18(21)20-10-15(19(22)23)14-5-3-4-6-16(14)20/h3-10H,11H2,1-2H3,(H,22,23). The molecule has 0 radical (unpaired) electrons. The van der Waals surface area contributed by atoms with Gasteiger partial charge < -0.3 is 9.84 Å². The minimum Gasteiger partial charge on any atom is -0.483 e. The molecular weight excluding hydrogens is 306 g/mol. The number of carboxylic acid groups (broad SMARTS) is 1. The summed E-state index contributed by atoms with van der Waals surface area (Å²) in [6, 6.07) is 12.6. The van der Waals surface area contributed by atoms with Crippen molar-refractivity contribution in [2.24, 2.45) is 0 Å². The molecule has 0 fully saturated rings. The molecule has 1 N–H and O–H groups in total. The number of hydrogen-bond donors (Lipinski definition) is 1. The van der Waals surface area contributed by atoms with Crippen LogP contribution in [0, 0.1) is 13.8 Å². The molecule has 0 bridgehead atoms. The molecule has 1 aromatic heterocycles. The Hall–Kier alpha value is -3.08. The second-order valence-corrected chi connectivity index (χ2v) is 5.69. The molecule has 0 atom stereocenters. The van der Waals surface area contributed by atoms with Crippen molar-refractivity contribution in [3.8, 4) is 5.75 Å². The number of ether oxygens (including phenoxy) is 1. The minimum atomic E-state index is -1.06. The molecule has 5 nitrogen and oxygen atoms in total. The fourth-order valence-corrected chi connectivity index (χ4v) is 2.73. The Morgan fingerprint density at radius 2 is 1.88 bits per heavy atom. The maximum atomic E-state index is 12.5. The van der Waals surface area contributed by atoms with Crippen LogP contribution in [0.1, 0.15) is 26.3 Å². The van der Waals surface area contributed by atoms with E-state index in [1.165, 1.54) is 10.8 Å². The van der Waals surface area contributed by atoms with Crippen molar-refractivity contribution in [3.63, 3.8) is 0 Å². The number of benzene rings is 2. The molecule has 1 heterocycles. The number of rotatable bonds is 4. The molecule has 0 saturated carbocycles. The summed E-state index contributed by atoms with van der Waals surface area (Å²) in [4.78, 5) is 23.8. The summed E-state index contributed by atoms with van der Waals surface area (Å²) in [6.07, 6.45) is 1.35. The van der Waals surface area contributed by atoms with E-state index in [1.807, 2.05) is 32.0 Å². The summed E-state index contributed by atoms with van der Waals surface area (Å²) in [5, 5.41) is 9.82. The smallest absolute Gasteiger partial charge is 0.337 e. The Morgan fingerprint density at radius 1 is 1.12 bits per heavy atom. The zero-order chi connectivity index (χ0) is 17.3. The second-order valence-electron chi connectivity index (χ2n) is 5.69. The first kappa shape index (κ1) is 15.8. The summed E-state index contributed by atoms with van der Waals surface area (Å²) >= 11 is 0. The van der Waals surface area contributed by atoms with E-state index < -0.39 is 5.97 Å². The summed E-state index contributed by atoms with van der Waals surface area (Å²) in [5.74, 6) is -0.740. The number of aromatic nitrogens is 1. The van der Waals surface area contributed by atoms with E-state index >= 15 is 0 Å². The summed E-state index contributed by atoms with van der Waals surface area (Å²) in [6.45, 7) is 3.74. The fraction of sp³-hybridized carbons (Fsp3) is 0.158. The van der Waals surface area contributed by atoms with E-state index in [0.717, 1.165) is 11.1 Å². The monoisotopic (exact) mass is 323 g/mol. The molecule has 3 aromatic rings. The molecule has 0 aliphatic rings. The number of aryl methyl sites for hydroxylation is 2. The van der Waals surface area contributed by atoms with Crippen molar-refractivity contribution in [2.75, 3.05) is 6.61 Å². The van der Waals surface area contributed by atoms with Gasteiger partial charge in [0.05, 0.1) is 11.1 Å². The summed E-state index contributed by atoms with van der Waals surface area (Å²) in [7, 11) is 0. The van der Waals surface area contributed by atoms with Gasteiger partial charge in [-0.05, 0) is 31.5 Å². The van der Waals surface area contributed by atoms with Gasteiger partial charge in [0.1, 0.15) is 5.75 Å². The zero-order valence-corrected chi connectivity index (χ0v) is 13.4. The molecule has 24 heavy (non-hydrogen) atoms. The maximum absolute atomic E-state index is 12.5. The molecule has 0 unspecified atom stereocenters. The van der Waals surface area contributed by atoms with Crippen molar-refractivity contribution in [2.45, 2.75) is 13.8 Å². The van der Waals surface area contributed by atoms with Crippen LogP contribution in [-0.2, 0) is 0 Å². The first-order chi connectivity index (χ1) is 11.5. The number of para-hydroxylation sites is 1. The topological polar surface area (TPSA) is 68.5 Å². The van der Waals surface area contributed by atoms with Crippen molar-refractivity contribution >= 4 is 22.8 Å². The molecule has 0 spiro atoms. The van der Waals surface area contributed by atoms with Crippen LogP contribution < -0.4 is 4.74 Å². The highest BCUT2D eigenvalue weighted by Crippen LogP contribution is 2.22. The SMILES string of the molecule is Cc1ccc(OCC(=O)n2cc(C(=O)O)c3ccccc32)c(C)c1. The largest absolute Gasteiger partial charge is 0.483 e. The Morgan fingerprint density at radius 3 is 2.58 bits per heavy atom. The number of aromatic carboxylic acids is 1. The Labute approximate surface area is 139 Å². The van der Waals surface area contributed by atoms with Crippen LogP contribution in [0.2, 0.25) is 0 Å². The third kappa shape index (κ3) is 2.88. The van der Waals surface area contributed by atoms with Gasteiger partial charge in [0, 0.05) is 11.6 Å². The number of fused-ring (bicyclic) bond motifs is 1. The van der Waals surface area contributed by atoms with E-state index in [2.05, 4.69) is 0 Å². The van der Waals surface area contributed by atoms with Crippen LogP contribution in [0.5, 0.6) is 5.75 Å². The molecule has 0 aliphatic carbocycles. The number of carboxylic acids is 1. The van der Waals surface area contributed by atoms with Gasteiger partial charge in [-0.25, -0.2) is 4.79 Å². The summed E-state index contributed by atoms with van der Waals surface area (Å²) < 4.78 is 6.94. The van der Waals surface area contributed by atoms with Crippen LogP contribution in [0.4, 0.5) is 0 Å². The summed E-state index contributed by atoms with van der Waals surface area (Å²) in [5.41, 5.74) is 2.73. The van der Waals surface area contributed by atoms with Gasteiger partial charge >= 0.3 is 5.97 Å². The van der Waals surface area contributed by atoms with Gasteiger partial charge in [0.2, 0.25) is 0 Å². The Kier molecular flexibility index (Phi) is 4.08. The zero-order valence-electron chi connectivity index (χ0n) is 13.4. The molecule has 0 amide bonds. The van der Waals surface area contributed by atoms with Gasteiger partial charge in [0.15, 0.2) is 6.61 Å². The van der Waals surface area contributed by atoms with Crippen molar-refractivity contribution in [1.82, 2.24) is 4.57 Å². The third-order valence-electron chi connectivity index (χ3n) is 3.89. The van der Waals surface area contributed by atoms with Gasteiger partial charge in [-0.2, -0.15) is 0 Å². The minimum absolute atomic E-state index is 0.102. The number of nitrogens with zero attached hydrogens (tertiary/aromatic N) is 1. The van der Waals surface area contributed by atoms with E-state index in [0.29, 0.717) is 16.7 Å². The number of carbonyl (C=O) groups is 2. The maximum Gasteiger partial charge on any atom is 0.337 e. The first-order valence-electron chi connectivity index (χ1n) is 7.54. The van der Waals surface area contributed by atoms with E-state index in [9.17, 15) is 14.7 Å². The van der Waals surface area contributed by atoms with Crippen LogP contribution in [0.3, 0.4) is 0 Å². The average molecular weight is 323 g/mol. The normalized spacial score (nSPS) is 10.8. The van der Waals surface area contributed by atoms with Crippen molar-refractivity contribution in [3.05, 3.63) is 65.4 Å². The van der Waals surface area contributed by atoms with E-state index in [-0.39, 0.29) is 18.1 Å². The highest BCUT2D eigenvalue weighted by atomic mass is 16.5. The number of carbonyl (C=O) groups excluding carboxylic acids is 1. The molecule has 0 saturated heterocycles. The third-order valence-corrected chi connectivity index (χ3v) is 3.89. The van der Waals surface area contributed by atoms with Gasteiger partial charge in [-0.1, -0.05) is 35.9 Å². The fourth-order valence-electron chi connectivity index (χ4n) is 2.73. The second kappa shape index (κ2) is 6.20. The van der Waals surface area contributed by atoms with Crippen LogP contribution >= 0.6 is 0 Å². The van der Waals surface area contributed by atoms with Crippen molar-refractivity contribution in [1.29, 1.82) is 0 Å². The highest BCUT2D eigenvalue weighted by Gasteiger charge is 2.17. The van der Waals surface area contributed by atoms with Crippen LogP contribution in [0.15, 0.2) is 48.7 Å². The first-order valence-corrected chi connectivity index (χ1v) is 7.54. The van der Waals surface area contributed by atoms with Gasteiger partial charge in [-0.3, -0.25) is 9.36 Å². The number of hydrogen-bond acceptors (Lipinski definition) is 3. The molecule has 5 heteroatoms. The van der Waals surface area contributed by atoms with Crippen LogP contribution in [0.25, 0.3) is 10.9 Å². The molecule has 0 aliphatic heterocycles. The van der Waals surface area contributed by atoms with Gasteiger partial charge in [0.25, 0.3) is 5.91 Å². The molecule has 3 rings (SSSR count). The van der Waals surface area contributed by atoms with E-state index in [4.69, 9.17) is 4.74 Å². The molecular formula is C19H17NO4. The van der Waals surface area contributed by atoms with Crippen molar-refractivity contribution < 1.29 is 19.4 Å².